The van der Waals surface area contributed by atoms with Gasteiger partial charge in [-0.05, 0) is 48.1 Å². The first-order valence-electron chi connectivity index (χ1n) is 11.5. The monoisotopic (exact) mass is 390 g/mol. The van der Waals surface area contributed by atoms with Crippen molar-refractivity contribution in [2.24, 2.45) is 5.92 Å². The van der Waals surface area contributed by atoms with E-state index in [1.165, 1.54) is 48.1 Å². The summed E-state index contributed by atoms with van der Waals surface area (Å²) in [5, 5.41) is 17.9. The molecule has 29 heavy (non-hydrogen) atoms. The lowest BCUT2D eigenvalue weighted by Gasteiger charge is -2.37. The highest BCUT2D eigenvalue weighted by molar-refractivity contribution is 5.73. The van der Waals surface area contributed by atoms with E-state index >= 15 is 0 Å². The highest BCUT2D eigenvalue weighted by atomic mass is 16.5. The summed E-state index contributed by atoms with van der Waals surface area (Å²) in [5.41, 5.74) is 7.10. The molecule has 1 saturated carbocycles. The number of hydrogen-bond donors (Lipinski definition) is 2. The molecule has 3 aliphatic rings. The second-order valence-electron chi connectivity index (χ2n) is 10.2. The molecule has 3 nitrogen and oxygen atoms in total. The van der Waals surface area contributed by atoms with Crippen molar-refractivity contribution in [3.63, 3.8) is 0 Å². The average Bonchev–Trinajstić information content (AvgIpc) is 3.07. The van der Waals surface area contributed by atoms with Crippen LogP contribution < -0.4 is 10.4 Å². The molecule has 0 amide bonds. The lowest BCUT2D eigenvalue weighted by atomic mass is 9.67. The summed E-state index contributed by atoms with van der Waals surface area (Å²) in [6.45, 7) is 9.30. The van der Waals surface area contributed by atoms with Crippen LogP contribution in [0.2, 0.25) is 0 Å². The minimum atomic E-state index is 0.0775. The minimum absolute atomic E-state index is 0.0775. The van der Waals surface area contributed by atoms with Gasteiger partial charge >= 0.3 is 0 Å². The van der Waals surface area contributed by atoms with Crippen molar-refractivity contribution in [1.82, 2.24) is 0 Å². The molecule has 5 atom stereocenters. The Hall–Kier alpha value is -1.84. The van der Waals surface area contributed by atoms with Crippen molar-refractivity contribution in [1.29, 1.82) is 0 Å². The molecule has 0 saturated heterocycles. The van der Waals surface area contributed by atoms with Gasteiger partial charge in [-0.2, -0.15) is 0 Å². The van der Waals surface area contributed by atoms with Gasteiger partial charge in [-0.15, -0.1) is 0 Å². The fourth-order valence-corrected chi connectivity index (χ4v) is 6.19. The van der Waals surface area contributed by atoms with E-state index in [2.05, 4.69) is 63.3 Å². The van der Waals surface area contributed by atoms with E-state index in [0.29, 0.717) is 23.8 Å². The summed E-state index contributed by atoms with van der Waals surface area (Å²) in [7, 11) is 0. The van der Waals surface area contributed by atoms with Gasteiger partial charge in [0.05, 0.1) is 0 Å². The van der Waals surface area contributed by atoms with Crippen LogP contribution in [0, 0.1) is 11.1 Å². The van der Waals surface area contributed by atoms with Gasteiger partial charge in [0, 0.05) is 40.9 Å². The van der Waals surface area contributed by atoms with Gasteiger partial charge in [-0.25, -0.2) is 0 Å². The minimum Gasteiger partial charge on any atom is -0.623 e. The Bertz CT molecular complexity index is 934. The van der Waals surface area contributed by atoms with E-state index in [1.54, 1.807) is 0 Å². The third kappa shape index (κ3) is 2.85. The SMILES string of the molecule is CCCCC(C)(C)c1cc2c3c(c1)[NH+]([O-])c1ccccc1C1CCC(C)C(N2)C31. The van der Waals surface area contributed by atoms with E-state index < -0.39 is 0 Å². The number of quaternary nitrogens is 1. The molecule has 2 heterocycles. The Morgan fingerprint density at radius 2 is 1.93 bits per heavy atom. The average molecular weight is 391 g/mol. The molecule has 2 aromatic rings. The van der Waals surface area contributed by atoms with Gasteiger partial charge in [0.25, 0.3) is 0 Å². The zero-order valence-corrected chi connectivity index (χ0v) is 18.2. The second kappa shape index (κ2) is 6.85. The molecule has 154 valence electrons. The lowest BCUT2D eigenvalue weighted by molar-refractivity contribution is -0.698. The maximum atomic E-state index is 13.8. The van der Waals surface area contributed by atoms with Crippen LogP contribution in [0.15, 0.2) is 36.4 Å². The molecule has 0 spiro atoms. The summed E-state index contributed by atoms with van der Waals surface area (Å²) >= 11 is 0. The van der Waals surface area contributed by atoms with Crippen LogP contribution in [0.25, 0.3) is 0 Å². The summed E-state index contributed by atoms with van der Waals surface area (Å²) in [6.07, 6.45) is 5.97. The van der Waals surface area contributed by atoms with Crippen molar-refractivity contribution in [3.8, 4) is 0 Å². The molecule has 3 heteroatoms. The van der Waals surface area contributed by atoms with Crippen molar-refractivity contribution in [2.45, 2.75) is 83.1 Å². The normalized spacial score (nSPS) is 29.6. The molecule has 0 bridgehead atoms. The molecule has 0 radical (unpaired) electrons. The van der Waals surface area contributed by atoms with Crippen molar-refractivity contribution < 1.29 is 5.06 Å². The summed E-state index contributed by atoms with van der Waals surface area (Å²) in [5.74, 6) is 1.50. The van der Waals surface area contributed by atoms with Crippen molar-refractivity contribution in [2.75, 3.05) is 5.32 Å². The van der Waals surface area contributed by atoms with E-state index in [4.69, 9.17) is 0 Å². The van der Waals surface area contributed by atoms with Crippen molar-refractivity contribution in [3.05, 3.63) is 58.3 Å². The molecule has 1 fully saturated rings. The number of fused-ring (bicyclic) bond motifs is 2. The summed E-state index contributed by atoms with van der Waals surface area (Å²) < 4.78 is 0. The quantitative estimate of drug-likeness (QED) is 0.638. The Kier molecular flexibility index (Phi) is 4.52. The molecular formula is C26H34N2O. The van der Waals surface area contributed by atoms with Gasteiger partial charge in [0.15, 0.2) is 0 Å². The summed E-state index contributed by atoms with van der Waals surface area (Å²) in [6, 6.07) is 13.5. The second-order valence-corrected chi connectivity index (χ2v) is 10.2. The number of anilines is 1. The molecular weight excluding hydrogens is 356 g/mol. The number of unbranched alkanes of at least 4 members (excludes halogenated alkanes) is 1. The fraction of sp³-hybridized carbons (Fsp3) is 0.538. The van der Waals surface area contributed by atoms with Crippen LogP contribution in [0.4, 0.5) is 17.1 Å². The molecule has 5 unspecified atom stereocenters. The molecule has 0 aromatic heterocycles. The van der Waals surface area contributed by atoms with Crippen LogP contribution in [0.1, 0.15) is 88.3 Å². The first-order chi connectivity index (χ1) is 13.9. The Morgan fingerprint density at radius 1 is 1.14 bits per heavy atom. The third-order valence-electron chi connectivity index (χ3n) is 7.99. The lowest BCUT2D eigenvalue weighted by Crippen LogP contribution is -2.96. The molecule has 2 N–H and O–H groups in total. The van der Waals surface area contributed by atoms with Gasteiger partial charge in [0.2, 0.25) is 0 Å². The Labute approximate surface area is 175 Å². The zero-order valence-electron chi connectivity index (χ0n) is 18.2. The Morgan fingerprint density at radius 3 is 2.72 bits per heavy atom. The molecule has 2 aromatic carbocycles. The van der Waals surface area contributed by atoms with Gasteiger partial charge in [0.1, 0.15) is 11.4 Å². The standard InChI is InChI=1S/C26H34N2O/c1-5-6-13-26(3,4)17-14-20-24-22(15-17)28(29)21-10-8-7-9-18(21)19-12-11-16(2)25(27-20)23(19)24/h7-10,14-16,19,23,25,27-28H,5-6,11-13H2,1-4H3. The maximum Gasteiger partial charge on any atom is 0.142 e. The number of benzene rings is 2. The van der Waals surface area contributed by atoms with E-state index in [0.717, 1.165) is 17.8 Å². The van der Waals surface area contributed by atoms with Gasteiger partial charge in [-0.1, -0.05) is 58.7 Å². The predicted molar refractivity (Wildman–Crippen MR) is 120 cm³/mol. The summed E-state index contributed by atoms with van der Waals surface area (Å²) in [4.78, 5) is 0. The van der Waals surface area contributed by atoms with Crippen molar-refractivity contribution >= 4 is 17.1 Å². The predicted octanol–water partition coefficient (Wildman–Crippen LogP) is 5.91. The molecule has 5 rings (SSSR count). The third-order valence-corrected chi connectivity index (χ3v) is 7.99. The first-order valence-corrected chi connectivity index (χ1v) is 11.5. The van der Waals surface area contributed by atoms with Gasteiger partial charge < -0.3 is 15.6 Å². The van der Waals surface area contributed by atoms with E-state index in [-0.39, 0.29) is 10.5 Å². The van der Waals surface area contributed by atoms with Gasteiger partial charge in [-0.3, -0.25) is 0 Å². The first kappa shape index (κ1) is 19.1. The largest absolute Gasteiger partial charge is 0.623 e. The number of para-hydroxylation sites is 1. The fourth-order valence-electron chi connectivity index (χ4n) is 6.19. The molecule has 1 aliphatic carbocycles. The highest BCUT2D eigenvalue weighted by Crippen LogP contribution is 2.57. The number of nitrogens with one attached hydrogen (secondary N) is 2. The molecule has 2 aliphatic heterocycles. The van der Waals surface area contributed by atoms with E-state index in [1.807, 2.05) is 6.07 Å². The van der Waals surface area contributed by atoms with Crippen LogP contribution in [0.5, 0.6) is 0 Å². The maximum absolute atomic E-state index is 13.8. The zero-order chi connectivity index (χ0) is 20.3. The van der Waals surface area contributed by atoms with Crippen LogP contribution in [-0.2, 0) is 5.41 Å². The van der Waals surface area contributed by atoms with Crippen LogP contribution in [0.3, 0.4) is 0 Å². The number of rotatable bonds is 4. The number of hydrogen-bond acceptors (Lipinski definition) is 2. The van der Waals surface area contributed by atoms with Crippen LogP contribution in [-0.4, -0.2) is 6.04 Å². The highest BCUT2D eigenvalue weighted by Gasteiger charge is 2.49. The smallest absolute Gasteiger partial charge is 0.142 e. The topological polar surface area (TPSA) is 39.5 Å². The van der Waals surface area contributed by atoms with E-state index in [9.17, 15) is 5.21 Å². The van der Waals surface area contributed by atoms with Crippen LogP contribution >= 0.6 is 0 Å². The Balaban J connectivity index is 1.72.